The highest BCUT2D eigenvalue weighted by Gasteiger charge is 2.72. The van der Waals surface area contributed by atoms with E-state index >= 15 is 0 Å². The lowest BCUT2D eigenvalue weighted by Gasteiger charge is -2.72. The maximum absolute atomic E-state index is 14.1. The van der Waals surface area contributed by atoms with Crippen molar-refractivity contribution in [3.05, 3.63) is 36.7 Å². The van der Waals surface area contributed by atoms with Gasteiger partial charge in [0.05, 0.1) is 11.5 Å². The van der Waals surface area contributed by atoms with E-state index < -0.39 is 5.41 Å². The van der Waals surface area contributed by atoms with E-state index in [9.17, 15) is 9.90 Å². The molecule has 39 heavy (non-hydrogen) atoms. The van der Waals surface area contributed by atoms with Gasteiger partial charge in [0.15, 0.2) is 0 Å². The van der Waals surface area contributed by atoms with Crippen molar-refractivity contribution in [2.45, 2.75) is 112 Å². The van der Waals surface area contributed by atoms with Crippen molar-refractivity contribution in [3.63, 3.8) is 0 Å². The smallest absolute Gasteiger partial charge is 0.317 e. The topological polar surface area (TPSA) is 59.4 Å². The molecule has 5 aliphatic carbocycles. The molecule has 0 amide bonds. The number of carbonyl (C=O) groups excluding carboxylic acids is 1. The molecule has 1 heterocycles. The van der Waals surface area contributed by atoms with Gasteiger partial charge >= 0.3 is 5.97 Å². The third-order valence-corrected chi connectivity index (χ3v) is 14.3. The van der Waals surface area contributed by atoms with Crippen LogP contribution < -0.4 is 4.74 Å². The lowest BCUT2D eigenvalue weighted by atomic mass is 9.32. The Morgan fingerprint density at radius 1 is 0.897 bits per heavy atom. The maximum atomic E-state index is 14.1. The number of ether oxygens (including phenoxy) is 1. The van der Waals surface area contributed by atoms with Gasteiger partial charge in [0.1, 0.15) is 5.75 Å². The summed E-state index contributed by atoms with van der Waals surface area (Å²) in [4.78, 5) is 18.2. The normalized spacial score (nSPS) is 48.2. The monoisotopic (exact) mass is 533 g/mol. The average molecular weight is 534 g/mol. The van der Waals surface area contributed by atoms with E-state index in [-0.39, 0.29) is 33.7 Å². The molecule has 0 aromatic carbocycles. The van der Waals surface area contributed by atoms with Gasteiger partial charge < -0.3 is 9.84 Å². The Bertz CT molecular complexity index is 1150. The number of fused-ring (bicyclic) bond motifs is 7. The number of allylic oxidation sites excluding steroid dienone is 1. The summed E-state index contributed by atoms with van der Waals surface area (Å²) in [5.74, 6) is 3.02. The lowest BCUT2D eigenvalue weighted by molar-refractivity contribution is -0.247. The first kappa shape index (κ1) is 27.5. The minimum Gasteiger partial charge on any atom is -0.426 e. The minimum atomic E-state index is -0.418. The molecule has 5 aliphatic rings. The van der Waals surface area contributed by atoms with Gasteiger partial charge in [0.25, 0.3) is 0 Å². The second-order valence-electron chi connectivity index (χ2n) is 15.8. The van der Waals surface area contributed by atoms with Crippen molar-refractivity contribution < 1.29 is 14.6 Å². The third kappa shape index (κ3) is 3.58. The van der Waals surface area contributed by atoms with Crippen LogP contribution >= 0.6 is 0 Å². The van der Waals surface area contributed by atoms with Gasteiger partial charge in [-0.25, -0.2) is 0 Å². The molecule has 214 valence electrons. The molecule has 1 N–H and O–H groups in total. The quantitative estimate of drug-likeness (QED) is 0.316. The van der Waals surface area contributed by atoms with Crippen LogP contribution in [0.5, 0.6) is 5.75 Å². The molecule has 10 atom stereocenters. The van der Waals surface area contributed by atoms with Gasteiger partial charge in [0, 0.05) is 12.4 Å². The molecule has 5 fully saturated rings. The Balaban J connectivity index is 1.37. The van der Waals surface area contributed by atoms with Gasteiger partial charge in [-0.05, 0) is 135 Å². The predicted molar refractivity (Wildman–Crippen MR) is 155 cm³/mol. The Kier molecular flexibility index (Phi) is 6.28. The van der Waals surface area contributed by atoms with Crippen LogP contribution in [-0.2, 0) is 4.79 Å². The summed E-state index contributed by atoms with van der Waals surface area (Å²) in [6.07, 6.45) is 14.1. The Hall–Kier alpha value is -1.68. The van der Waals surface area contributed by atoms with Crippen molar-refractivity contribution in [2.75, 3.05) is 0 Å². The molecule has 0 aliphatic heterocycles. The summed E-state index contributed by atoms with van der Waals surface area (Å²) in [5.41, 5.74) is 1.49. The maximum Gasteiger partial charge on any atom is 0.317 e. The number of hydrogen-bond donors (Lipinski definition) is 1. The highest BCUT2D eigenvalue weighted by atomic mass is 16.5. The van der Waals surface area contributed by atoms with E-state index in [0.29, 0.717) is 35.3 Å². The van der Waals surface area contributed by atoms with E-state index in [2.05, 4.69) is 53.1 Å². The van der Waals surface area contributed by atoms with Crippen LogP contribution in [0, 0.1) is 56.7 Å². The van der Waals surface area contributed by atoms with E-state index in [0.717, 1.165) is 38.5 Å². The molecule has 0 radical (unpaired) electrons. The second kappa shape index (κ2) is 8.91. The predicted octanol–water partition coefficient (Wildman–Crippen LogP) is 8.01. The fraction of sp³-hybridized carbons (Fsp3) is 0.771. The van der Waals surface area contributed by atoms with Gasteiger partial charge in [-0.15, -0.1) is 0 Å². The number of aliphatic hydroxyl groups excluding tert-OH is 1. The van der Waals surface area contributed by atoms with Crippen LogP contribution in [-0.4, -0.2) is 22.2 Å². The van der Waals surface area contributed by atoms with E-state index in [1.165, 1.54) is 31.3 Å². The van der Waals surface area contributed by atoms with Crippen LogP contribution in [0.4, 0.5) is 0 Å². The van der Waals surface area contributed by atoms with E-state index in [4.69, 9.17) is 4.74 Å². The molecular weight excluding hydrogens is 482 g/mol. The molecule has 1 aromatic rings. The molecule has 6 rings (SSSR count). The zero-order valence-corrected chi connectivity index (χ0v) is 25.3. The number of rotatable bonds is 3. The summed E-state index contributed by atoms with van der Waals surface area (Å²) >= 11 is 0. The van der Waals surface area contributed by atoms with Crippen LogP contribution in [0.2, 0.25) is 0 Å². The third-order valence-electron chi connectivity index (χ3n) is 14.3. The largest absolute Gasteiger partial charge is 0.426 e. The van der Waals surface area contributed by atoms with Crippen LogP contribution in [0.3, 0.4) is 0 Å². The summed E-state index contributed by atoms with van der Waals surface area (Å²) in [6, 6.07) is 3.60. The van der Waals surface area contributed by atoms with Crippen LogP contribution in [0.15, 0.2) is 36.7 Å². The van der Waals surface area contributed by atoms with E-state index in [1.54, 1.807) is 24.5 Å². The number of pyridine rings is 1. The fourth-order valence-electron chi connectivity index (χ4n) is 12.1. The van der Waals surface area contributed by atoms with E-state index in [1.807, 2.05) is 0 Å². The average Bonchev–Trinajstić information content (AvgIpc) is 3.29. The SMILES string of the molecule is C=C(C)[C@@H]1CC[C@]2(C(=O)Oc3ccncc3)CC[C@]3(C)[C@H](CC[C@@H]4[C@@]5(C)CC[C@H](O)C(C)(C)[C@@H]5CC[C@]43C)[C@@H]12. The number of aliphatic hydroxyl groups is 1. The first-order valence-corrected chi connectivity index (χ1v) is 15.8. The second-order valence-corrected chi connectivity index (χ2v) is 15.8. The Labute approximate surface area is 236 Å². The molecule has 0 bridgehead atoms. The van der Waals surface area contributed by atoms with Crippen molar-refractivity contribution in [3.8, 4) is 5.75 Å². The molecule has 4 nitrogen and oxygen atoms in total. The van der Waals surface area contributed by atoms with Crippen molar-refractivity contribution >= 4 is 5.97 Å². The van der Waals surface area contributed by atoms with Gasteiger partial charge in [-0.3, -0.25) is 9.78 Å². The fourth-order valence-corrected chi connectivity index (χ4v) is 12.1. The summed E-state index contributed by atoms with van der Waals surface area (Å²) in [7, 11) is 0. The summed E-state index contributed by atoms with van der Waals surface area (Å²) < 4.78 is 6.12. The summed E-state index contributed by atoms with van der Waals surface area (Å²) in [5, 5.41) is 11.0. The molecule has 5 saturated carbocycles. The van der Waals surface area contributed by atoms with Gasteiger partial charge in [-0.2, -0.15) is 0 Å². The highest BCUT2D eigenvalue weighted by Crippen LogP contribution is 2.77. The van der Waals surface area contributed by atoms with Gasteiger partial charge in [-0.1, -0.05) is 46.8 Å². The Morgan fingerprint density at radius 2 is 1.62 bits per heavy atom. The summed E-state index contributed by atoms with van der Waals surface area (Å²) in [6.45, 7) is 19.1. The number of esters is 1. The van der Waals surface area contributed by atoms with Crippen molar-refractivity contribution in [2.24, 2.45) is 56.7 Å². The standard InChI is InChI=1S/C35H51NO3/c1-22(2)24-10-17-35(30(38)39-23-13-20-36-21-14-23)19-18-33(6)25(29(24)35)8-9-27-32(5)15-12-28(37)31(3,4)26(32)11-16-34(27,33)7/h13-14,20-21,24-29,37H,1,8-12,15-19H2,2-7H3/t24-,25+,26-,27+,28-,29+,32-,33+,34+,35-/m0/s1. The zero-order valence-electron chi connectivity index (χ0n) is 25.3. The first-order chi connectivity index (χ1) is 18.3. The molecule has 1 aromatic heterocycles. The molecule has 0 saturated heterocycles. The molecular formula is C35H51NO3. The minimum absolute atomic E-state index is 0.0181. The first-order valence-electron chi connectivity index (χ1n) is 15.8. The number of nitrogens with zero attached hydrogens (tertiary/aromatic N) is 1. The highest BCUT2D eigenvalue weighted by molar-refractivity contribution is 5.80. The van der Waals surface area contributed by atoms with Gasteiger partial charge in [0.2, 0.25) is 0 Å². The zero-order chi connectivity index (χ0) is 28.0. The number of aromatic nitrogens is 1. The van der Waals surface area contributed by atoms with Crippen molar-refractivity contribution in [1.82, 2.24) is 4.98 Å². The molecule has 0 unspecified atom stereocenters. The molecule has 4 heteroatoms. The van der Waals surface area contributed by atoms with Crippen LogP contribution in [0.1, 0.15) is 106 Å². The lowest BCUT2D eigenvalue weighted by Crippen LogP contribution is -2.67. The van der Waals surface area contributed by atoms with Crippen LogP contribution in [0.25, 0.3) is 0 Å². The number of carbonyl (C=O) groups is 1. The van der Waals surface area contributed by atoms with Crippen molar-refractivity contribution in [1.29, 1.82) is 0 Å². The molecule has 0 spiro atoms. The Morgan fingerprint density at radius 3 is 2.31 bits per heavy atom. The number of hydrogen-bond acceptors (Lipinski definition) is 4.